The predicted molar refractivity (Wildman–Crippen MR) is 129 cm³/mol. The van der Waals surface area contributed by atoms with Crippen molar-refractivity contribution in [2.75, 3.05) is 27.2 Å². The van der Waals surface area contributed by atoms with E-state index in [-0.39, 0.29) is 16.1 Å². The second-order valence-corrected chi connectivity index (χ2v) is 11.4. The first-order valence-electron chi connectivity index (χ1n) is 10.4. The Morgan fingerprint density at radius 2 is 1.97 bits per heavy atom. The number of aliphatic imine (C=N–C) groups is 1. The lowest BCUT2D eigenvalue weighted by Crippen LogP contribution is -2.32. The zero-order valence-corrected chi connectivity index (χ0v) is 20.4. The number of carbonyl (C=O) groups excluding carboxylic acids is 1. The molecule has 0 unspecified atom stereocenters. The summed E-state index contributed by atoms with van der Waals surface area (Å²) in [7, 11) is -0.568. The highest BCUT2D eigenvalue weighted by Crippen LogP contribution is 2.30. The summed E-state index contributed by atoms with van der Waals surface area (Å²) < 4.78 is 31.7. The summed E-state index contributed by atoms with van der Waals surface area (Å²) in [6.45, 7) is 5.09. The van der Waals surface area contributed by atoms with Crippen molar-refractivity contribution < 1.29 is 17.9 Å². The second-order valence-electron chi connectivity index (χ2n) is 7.88. The Labute approximate surface area is 194 Å². The molecule has 3 rings (SSSR count). The van der Waals surface area contributed by atoms with Crippen LogP contribution >= 0.6 is 11.8 Å². The lowest BCUT2D eigenvalue weighted by molar-refractivity contribution is -0.127. The predicted octanol–water partition coefficient (Wildman–Crippen LogP) is 4.06. The van der Waals surface area contributed by atoms with Crippen molar-refractivity contribution in [3.63, 3.8) is 0 Å². The van der Waals surface area contributed by atoms with E-state index in [2.05, 4.69) is 4.99 Å². The van der Waals surface area contributed by atoms with E-state index in [4.69, 9.17) is 4.74 Å². The highest BCUT2D eigenvalue weighted by molar-refractivity contribution is 8.14. The summed E-state index contributed by atoms with van der Waals surface area (Å²) in [5, 5.41) is 0.816. The first-order valence-corrected chi connectivity index (χ1v) is 12.8. The van der Waals surface area contributed by atoms with Crippen LogP contribution in [0.2, 0.25) is 0 Å². The second kappa shape index (κ2) is 10.5. The number of ether oxygens (including phenoxy) is 1. The number of carbonyl (C=O) groups is 1. The molecule has 0 saturated carbocycles. The maximum absolute atomic E-state index is 12.8. The van der Waals surface area contributed by atoms with Crippen LogP contribution in [-0.2, 0) is 14.8 Å². The van der Waals surface area contributed by atoms with Crippen LogP contribution in [0.15, 0.2) is 58.4 Å². The van der Waals surface area contributed by atoms with Crippen molar-refractivity contribution in [1.82, 2.24) is 9.21 Å². The molecule has 1 fully saturated rings. The topological polar surface area (TPSA) is 79.3 Å². The number of hydrogen-bond donors (Lipinski definition) is 0. The molecule has 172 valence electrons. The average Bonchev–Trinajstić information content (AvgIpc) is 3.11. The molecule has 0 spiro atoms. The van der Waals surface area contributed by atoms with Crippen molar-refractivity contribution in [3.8, 4) is 5.75 Å². The molecule has 2 aromatic rings. The smallest absolute Gasteiger partial charge is 0.242 e. The fourth-order valence-electron chi connectivity index (χ4n) is 3.20. The van der Waals surface area contributed by atoms with Gasteiger partial charge in [0.25, 0.3) is 0 Å². The molecule has 1 atom stereocenters. The maximum Gasteiger partial charge on any atom is 0.242 e. The van der Waals surface area contributed by atoms with Gasteiger partial charge < -0.3 is 4.74 Å². The van der Waals surface area contributed by atoms with E-state index in [1.807, 2.05) is 38.1 Å². The summed E-state index contributed by atoms with van der Waals surface area (Å²) in [6.07, 6.45) is 0.958. The van der Waals surface area contributed by atoms with Gasteiger partial charge in [0.15, 0.2) is 5.17 Å². The van der Waals surface area contributed by atoms with Gasteiger partial charge in [-0.2, -0.15) is 0 Å². The lowest BCUT2D eigenvalue weighted by Gasteiger charge is -2.16. The first kappa shape index (κ1) is 24.3. The summed E-state index contributed by atoms with van der Waals surface area (Å²) in [4.78, 5) is 19.3. The van der Waals surface area contributed by atoms with E-state index in [1.165, 1.54) is 36.2 Å². The number of amidine groups is 1. The molecule has 1 amide bonds. The third kappa shape index (κ3) is 6.11. The summed E-state index contributed by atoms with van der Waals surface area (Å²) >= 11 is 1.52. The molecule has 1 saturated heterocycles. The van der Waals surface area contributed by atoms with Crippen molar-refractivity contribution in [2.24, 2.45) is 4.99 Å². The minimum Gasteiger partial charge on any atom is -0.494 e. The number of aryl methyl sites for hydroxylation is 1. The number of thioether (sulfide) groups is 1. The van der Waals surface area contributed by atoms with Crippen LogP contribution in [-0.4, -0.2) is 61.2 Å². The minimum absolute atomic E-state index is 0.00879. The van der Waals surface area contributed by atoms with E-state index in [0.717, 1.165) is 11.3 Å². The van der Waals surface area contributed by atoms with Crippen LogP contribution in [0.5, 0.6) is 5.75 Å². The molecule has 1 aliphatic rings. The van der Waals surface area contributed by atoms with Crippen LogP contribution in [0.25, 0.3) is 0 Å². The Bertz CT molecular complexity index is 1100. The maximum atomic E-state index is 12.8. The summed E-state index contributed by atoms with van der Waals surface area (Å²) in [5.74, 6) is 0.795. The Balaban J connectivity index is 1.65. The van der Waals surface area contributed by atoms with E-state index < -0.39 is 10.0 Å². The molecule has 9 heteroatoms. The molecule has 0 aliphatic carbocycles. The molecular formula is C23H29N3O4S2. The normalized spacial score (nSPS) is 17.8. The molecule has 32 heavy (non-hydrogen) atoms. The molecule has 2 aromatic carbocycles. The van der Waals surface area contributed by atoms with E-state index in [1.54, 1.807) is 23.1 Å². The van der Waals surface area contributed by atoms with Gasteiger partial charge in [-0.15, -0.1) is 0 Å². The third-order valence-corrected chi connectivity index (χ3v) is 7.78. The van der Waals surface area contributed by atoms with E-state index in [9.17, 15) is 13.2 Å². The summed E-state index contributed by atoms with van der Waals surface area (Å²) in [6, 6.07) is 14.3. The number of hydrogen-bond acceptors (Lipinski definition) is 6. The first-order chi connectivity index (χ1) is 15.2. The number of benzene rings is 2. The van der Waals surface area contributed by atoms with Gasteiger partial charge in [-0.05, 0) is 49.2 Å². The van der Waals surface area contributed by atoms with E-state index in [0.29, 0.717) is 36.8 Å². The van der Waals surface area contributed by atoms with Gasteiger partial charge in [-0.1, -0.05) is 36.9 Å². The zero-order chi connectivity index (χ0) is 23.3. The number of nitrogens with zero attached hydrogens (tertiary/aromatic N) is 3. The van der Waals surface area contributed by atoms with Crippen molar-refractivity contribution in [2.45, 2.75) is 36.8 Å². The fraction of sp³-hybridized carbons (Fsp3) is 0.391. The molecule has 7 nitrogen and oxygen atoms in total. The van der Waals surface area contributed by atoms with Gasteiger partial charge >= 0.3 is 0 Å². The number of sulfonamides is 1. The number of rotatable bonds is 8. The van der Waals surface area contributed by atoms with Crippen molar-refractivity contribution in [1.29, 1.82) is 0 Å². The van der Waals surface area contributed by atoms with Crippen LogP contribution in [0.1, 0.15) is 25.3 Å². The molecule has 1 aliphatic heterocycles. The Hall–Kier alpha value is -2.36. The molecule has 1 heterocycles. The van der Waals surface area contributed by atoms with Crippen molar-refractivity contribution in [3.05, 3.63) is 54.1 Å². The zero-order valence-electron chi connectivity index (χ0n) is 18.8. The number of amides is 1. The Kier molecular flexibility index (Phi) is 7.97. The molecule has 0 bridgehead atoms. The fourth-order valence-corrected chi connectivity index (χ4v) is 5.19. The monoisotopic (exact) mass is 475 g/mol. The Morgan fingerprint density at radius 1 is 1.22 bits per heavy atom. The van der Waals surface area contributed by atoms with Gasteiger partial charge in [-0.3, -0.25) is 9.69 Å². The molecular weight excluding hydrogens is 446 g/mol. The van der Waals surface area contributed by atoms with Crippen LogP contribution in [0, 0.1) is 6.92 Å². The third-order valence-electron chi connectivity index (χ3n) is 4.89. The van der Waals surface area contributed by atoms with Crippen LogP contribution in [0.4, 0.5) is 5.69 Å². The quantitative estimate of drug-likeness (QED) is 0.538. The van der Waals surface area contributed by atoms with E-state index >= 15 is 0 Å². The van der Waals surface area contributed by atoms with Gasteiger partial charge in [0, 0.05) is 32.3 Å². The average molecular weight is 476 g/mol. The van der Waals surface area contributed by atoms with Gasteiger partial charge in [0.2, 0.25) is 15.9 Å². The Morgan fingerprint density at radius 3 is 2.69 bits per heavy atom. The van der Waals surface area contributed by atoms with Crippen LogP contribution in [0.3, 0.4) is 0 Å². The minimum atomic E-state index is -3.55. The SMILES string of the molecule is Cc1cccc(OCCCC(=O)N2C[C@H](C)SC2=Nc2cccc(S(=O)(=O)N(C)C)c2)c1. The summed E-state index contributed by atoms with van der Waals surface area (Å²) in [5.41, 5.74) is 1.63. The van der Waals surface area contributed by atoms with Gasteiger partial charge in [0.1, 0.15) is 5.75 Å². The van der Waals surface area contributed by atoms with Gasteiger partial charge in [0.05, 0.1) is 17.2 Å². The van der Waals surface area contributed by atoms with Crippen molar-refractivity contribution >= 4 is 38.5 Å². The standard InChI is InChI=1S/C23H29N3O4S2/c1-17-8-5-10-20(14-17)30-13-7-12-22(27)26-16-18(2)31-23(26)24-19-9-6-11-21(15-19)32(28,29)25(3)4/h5-6,8-11,14-15,18H,7,12-13,16H2,1-4H3/t18-/m0/s1. The molecule has 0 N–H and O–H groups in total. The highest BCUT2D eigenvalue weighted by Gasteiger charge is 2.30. The van der Waals surface area contributed by atoms with Crippen LogP contribution < -0.4 is 4.74 Å². The molecule has 0 aromatic heterocycles. The lowest BCUT2D eigenvalue weighted by atomic mass is 10.2. The molecule has 0 radical (unpaired) electrons. The van der Waals surface area contributed by atoms with Gasteiger partial charge in [-0.25, -0.2) is 17.7 Å². The largest absolute Gasteiger partial charge is 0.494 e. The highest BCUT2D eigenvalue weighted by atomic mass is 32.2.